The van der Waals surface area contributed by atoms with Gasteiger partial charge in [-0.05, 0) is 6.07 Å². The average molecular weight is 256 g/mol. The van der Waals surface area contributed by atoms with Gasteiger partial charge in [-0.25, -0.2) is 4.79 Å². The average Bonchev–Trinajstić information content (AvgIpc) is 2.49. The van der Waals surface area contributed by atoms with Gasteiger partial charge in [0, 0.05) is 11.1 Å². The highest BCUT2D eigenvalue weighted by Crippen LogP contribution is 2.14. The molecule has 19 heavy (non-hydrogen) atoms. The summed E-state index contributed by atoms with van der Waals surface area (Å²) >= 11 is 0. The SMILES string of the molecule is CC.O=C(O)c1ccccc1C(=O)c1ccccc1. The molecule has 0 atom stereocenters. The maximum absolute atomic E-state index is 12.1. The fourth-order valence-corrected chi connectivity index (χ4v) is 1.61. The molecule has 0 saturated heterocycles. The molecule has 2 aromatic carbocycles. The zero-order valence-corrected chi connectivity index (χ0v) is 11.0. The van der Waals surface area contributed by atoms with E-state index in [4.69, 9.17) is 5.11 Å². The van der Waals surface area contributed by atoms with Crippen molar-refractivity contribution in [3.63, 3.8) is 0 Å². The summed E-state index contributed by atoms with van der Waals surface area (Å²) in [6, 6.07) is 14.8. The molecule has 2 rings (SSSR count). The molecule has 0 amide bonds. The zero-order chi connectivity index (χ0) is 14.3. The first kappa shape index (κ1) is 14.6. The lowest BCUT2D eigenvalue weighted by atomic mass is 9.98. The lowest BCUT2D eigenvalue weighted by Crippen LogP contribution is -2.09. The predicted molar refractivity (Wildman–Crippen MR) is 74.6 cm³/mol. The van der Waals surface area contributed by atoms with Crippen molar-refractivity contribution in [2.24, 2.45) is 0 Å². The fourth-order valence-electron chi connectivity index (χ4n) is 1.61. The smallest absolute Gasteiger partial charge is 0.336 e. The Bertz CT molecular complexity index is 559. The van der Waals surface area contributed by atoms with Gasteiger partial charge in [-0.1, -0.05) is 62.4 Å². The van der Waals surface area contributed by atoms with Crippen LogP contribution >= 0.6 is 0 Å². The molecule has 0 aliphatic heterocycles. The largest absolute Gasteiger partial charge is 0.478 e. The van der Waals surface area contributed by atoms with E-state index in [2.05, 4.69) is 0 Å². The van der Waals surface area contributed by atoms with Crippen LogP contribution in [-0.2, 0) is 0 Å². The normalized spacial score (nSPS) is 9.16. The van der Waals surface area contributed by atoms with Gasteiger partial charge in [-0.3, -0.25) is 4.79 Å². The number of carboxylic acid groups (broad SMARTS) is 1. The molecule has 0 bridgehead atoms. The predicted octanol–water partition coefficient (Wildman–Crippen LogP) is 3.64. The first-order valence-electron chi connectivity index (χ1n) is 6.12. The van der Waals surface area contributed by atoms with Gasteiger partial charge in [0.2, 0.25) is 0 Å². The molecule has 0 unspecified atom stereocenters. The molecular weight excluding hydrogens is 240 g/mol. The summed E-state index contributed by atoms with van der Waals surface area (Å²) in [5.74, 6) is -1.37. The van der Waals surface area contributed by atoms with Crippen LogP contribution in [0.15, 0.2) is 54.6 Å². The van der Waals surface area contributed by atoms with Crippen LogP contribution in [0.5, 0.6) is 0 Å². The second-order valence-corrected chi connectivity index (χ2v) is 3.55. The molecule has 0 aliphatic carbocycles. The van der Waals surface area contributed by atoms with Crippen LogP contribution in [0.2, 0.25) is 0 Å². The molecule has 0 heterocycles. The molecule has 3 heteroatoms. The van der Waals surface area contributed by atoms with Crippen molar-refractivity contribution >= 4 is 11.8 Å². The maximum atomic E-state index is 12.1. The van der Waals surface area contributed by atoms with Crippen LogP contribution < -0.4 is 0 Å². The monoisotopic (exact) mass is 256 g/mol. The number of rotatable bonds is 3. The molecule has 98 valence electrons. The lowest BCUT2D eigenvalue weighted by Gasteiger charge is -2.04. The van der Waals surface area contributed by atoms with Crippen molar-refractivity contribution in [1.29, 1.82) is 0 Å². The first-order chi connectivity index (χ1) is 9.20. The second kappa shape index (κ2) is 7.11. The van der Waals surface area contributed by atoms with Gasteiger partial charge in [0.25, 0.3) is 0 Å². The molecule has 0 fully saturated rings. The minimum Gasteiger partial charge on any atom is -0.478 e. The van der Waals surface area contributed by atoms with Gasteiger partial charge in [0.1, 0.15) is 0 Å². The van der Waals surface area contributed by atoms with E-state index in [1.165, 1.54) is 12.1 Å². The van der Waals surface area contributed by atoms with Crippen LogP contribution in [-0.4, -0.2) is 16.9 Å². The Hall–Kier alpha value is -2.42. The molecule has 0 saturated carbocycles. The summed E-state index contributed by atoms with van der Waals surface area (Å²) < 4.78 is 0. The number of carbonyl (C=O) groups excluding carboxylic acids is 1. The van der Waals surface area contributed by atoms with Gasteiger partial charge in [0.05, 0.1) is 5.56 Å². The third-order valence-corrected chi connectivity index (χ3v) is 2.44. The Morgan fingerprint density at radius 1 is 0.789 bits per heavy atom. The number of ketones is 1. The fraction of sp³-hybridized carbons (Fsp3) is 0.125. The van der Waals surface area contributed by atoms with Crippen molar-refractivity contribution in [3.8, 4) is 0 Å². The number of aromatic carboxylic acids is 1. The van der Waals surface area contributed by atoms with Gasteiger partial charge in [0.15, 0.2) is 5.78 Å². The lowest BCUT2D eigenvalue weighted by molar-refractivity contribution is 0.0693. The molecular formula is C16H16O3. The first-order valence-corrected chi connectivity index (χ1v) is 6.12. The van der Waals surface area contributed by atoms with Crippen LogP contribution in [0.25, 0.3) is 0 Å². The minimum absolute atomic E-state index is 0.0290. The Morgan fingerprint density at radius 2 is 1.26 bits per heavy atom. The van der Waals surface area contributed by atoms with Gasteiger partial charge in [-0.15, -0.1) is 0 Å². The molecule has 1 N–H and O–H groups in total. The minimum atomic E-state index is -1.09. The van der Waals surface area contributed by atoms with Crippen LogP contribution in [0.4, 0.5) is 0 Å². The number of hydrogen-bond acceptors (Lipinski definition) is 2. The van der Waals surface area contributed by atoms with E-state index in [1.807, 2.05) is 13.8 Å². The Balaban J connectivity index is 0.000000861. The molecule has 0 radical (unpaired) electrons. The number of carboxylic acids is 1. The van der Waals surface area contributed by atoms with Crippen molar-refractivity contribution in [2.75, 3.05) is 0 Å². The van der Waals surface area contributed by atoms with Crippen LogP contribution in [0, 0.1) is 0 Å². The van der Waals surface area contributed by atoms with Crippen molar-refractivity contribution < 1.29 is 14.7 Å². The second-order valence-electron chi connectivity index (χ2n) is 3.55. The standard InChI is InChI=1S/C14H10O3.C2H6/c15-13(10-6-2-1-3-7-10)11-8-4-5-9-12(11)14(16)17;1-2/h1-9H,(H,16,17);1-2H3. The number of carbonyl (C=O) groups is 2. The number of hydrogen-bond donors (Lipinski definition) is 1. The summed E-state index contributed by atoms with van der Waals surface area (Å²) in [6.07, 6.45) is 0. The van der Waals surface area contributed by atoms with Crippen LogP contribution in [0.1, 0.15) is 40.1 Å². The van der Waals surface area contributed by atoms with Crippen molar-refractivity contribution in [1.82, 2.24) is 0 Å². The zero-order valence-electron chi connectivity index (χ0n) is 11.0. The van der Waals surface area contributed by atoms with E-state index in [-0.39, 0.29) is 16.9 Å². The van der Waals surface area contributed by atoms with E-state index in [0.717, 1.165) is 0 Å². The molecule has 2 aromatic rings. The third kappa shape index (κ3) is 3.52. The van der Waals surface area contributed by atoms with Crippen LogP contribution in [0.3, 0.4) is 0 Å². The molecule has 0 aliphatic rings. The maximum Gasteiger partial charge on any atom is 0.336 e. The van der Waals surface area contributed by atoms with Gasteiger partial charge >= 0.3 is 5.97 Å². The molecule has 3 nitrogen and oxygen atoms in total. The van der Waals surface area contributed by atoms with E-state index >= 15 is 0 Å². The summed E-state index contributed by atoms with van der Waals surface area (Å²) in [7, 11) is 0. The van der Waals surface area contributed by atoms with E-state index in [1.54, 1.807) is 42.5 Å². The highest BCUT2D eigenvalue weighted by Gasteiger charge is 2.16. The molecule has 0 aromatic heterocycles. The summed E-state index contributed by atoms with van der Waals surface area (Å²) in [4.78, 5) is 23.1. The van der Waals surface area contributed by atoms with Crippen molar-refractivity contribution in [3.05, 3.63) is 71.3 Å². The van der Waals surface area contributed by atoms with Gasteiger partial charge < -0.3 is 5.11 Å². The summed E-state index contributed by atoms with van der Waals surface area (Å²) in [5, 5.41) is 9.01. The van der Waals surface area contributed by atoms with Gasteiger partial charge in [-0.2, -0.15) is 0 Å². The van der Waals surface area contributed by atoms with Crippen molar-refractivity contribution in [2.45, 2.75) is 13.8 Å². The Morgan fingerprint density at radius 3 is 1.79 bits per heavy atom. The van der Waals surface area contributed by atoms with E-state index in [9.17, 15) is 9.59 Å². The Labute approximate surface area is 112 Å². The van der Waals surface area contributed by atoms with E-state index < -0.39 is 5.97 Å². The highest BCUT2D eigenvalue weighted by atomic mass is 16.4. The molecule has 0 spiro atoms. The van der Waals surface area contributed by atoms with E-state index in [0.29, 0.717) is 5.56 Å². The summed E-state index contributed by atoms with van der Waals surface area (Å²) in [6.45, 7) is 4.00. The quantitative estimate of drug-likeness (QED) is 0.853. The number of benzene rings is 2. The highest BCUT2D eigenvalue weighted by molar-refractivity contribution is 6.14. The Kier molecular flexibility index (Phi) is 5.48. The summed E-state index contributed by atoms with van der Waals surface area (Å²) in [5.41, 5.74) is 0.730. The third-order valence-electron chi connectivity index (χ3n) is 2.44. The topological polar surface area (TPSA) is 54.4 Å².